The second-order valence-corrected chi connectivity index (χ2v) is 3.73. The fourth-order valence-corrected chi connectivity index (χ4v) is 0.721. The van der Waals surface area contributed by atoms with Crippen LogP contribution in [-0.2, 0) is 0 Å². The summed E-state index contributed by atoms with van der Waals surface area (Å²) in [6.45, 7) is 12.4. The topological polar surface area (TPSA) is 12.0 Å². The maximum absolute atomic E-state index is 3.02. The van der Waals surface area contributed by atoms with Crippen LogP contribution in [0.1, 0.15) is 47.5 Å². The number of hydrogen-bond acceptors (Lipinski definition) is 1. The molecule has 0 aliphatic rings. The van der Waals surface area contributed by atoms with Gasteiger partial charge in [-0.3, -0.25) is 0 Å². The third-order valence-electron chi connectivity index (χ3n) is 2.28. The van der Waals surface area contributed by atoms with Gasteiger partial charge < -0.3 is 5.32 Å². The Labute approximate surface area is 78.9 Å². The van der Waals surface area contributed by atoms with Crippen LogP contribution in [0.15, 0.2) is 0 Å². The van der Waals surface area contributed by atoms with E-state index in [4.69, 9.17) is 0 Å². The molecule has 0 aliphatic heterocycles. The van der Waals surface area contributed by atoms with Crippen molar-refractivity contribution in [2.45, 2.75) is 47.5 Å². The highest BCUT2D eigenvalue weighted by Crippen LogP contribution is 2.11. The fourth-order valence-electron chi connectivity index (χ4n) is 0.721. The molecule has 0 saturated heterocycles. The lowest BCUT2D eigenvalue weighted by molar-refractivity contribution is 0.407. The molecule has 1 N–H and O–H groups in total. The summed E-state index contributed by atoms with van der Waals surface area (Å²) in [4.78, 5) is 0. The highest BCUT2D eigenvalue weighted by atomic mass is 14.8. The lowest BCUT2D eigenvalue weighted by Crippen LogP contribution is -2.04. The van der Waals surface area contributed by atoms with Gasteiger partial charge in [0.15, 0.2) is 0 Å². The molecule has 0 aromatic rings. The SMILES string of the molecule is CCC(C)C(C)C.CCCNC. The summed E-state index contributed by atoms with van der Waals surface area (Å²) in [5.41, 5.74) is 0. The van der Waals surface area contributed by atoms with E-state index in [1.54, 1.807) is 0 Å². The standard InChI is InChI=1S/C7H16.C4H11N/c1-5-7(4)6(2)3;1-3-4-5-2/h6-7H,5H2,1-4H3;5H,3-4H2,1-2H3. The highest BCUT2D eigenvalue weighted by Gasteiger charge is 2.01. The first kappa shape index (κ1) is 14.5. The molecule has 0 amide bonds. The minimum atomic E-state index is 0.866. The predicted molar refractivity (Wildman–Crippen MR) is 58.5 cm³/mol. The molecule has 12 heavy (non-hydrogen) atoms. The lowest BCUT2D eigenvalue weighted by atomic mass is 9.96. The normalized spacial score (nSPS) is 12.2. The van der Waals surface area contributed by atoms with Crippen LogP contribution in [0.25, 0.3) is 0 Å². The summed E-state index contributed by atoms with van der Waals surface area (Å²) in [5, 5.41) is 3.02. The molecule has 0 radical (unpaired) electrons. The molecule has 0 aliphatic carbocycles. The third kappa shape index (κ3) is 12.6. The molecular weight excluding hydrogens is 146 g/mol. The summed E-state index contributed by atoms with van der Waals surface area (Å²) in [5.74, 6) is 1.77. The van der Waals surface area contributed by atoms with E-state index in [1.165, 1.54) is 12.8 Å². The van der Waals surface area contributed by atoms with Gasteiger partial charge in [-0.15, -0.1) is 0 Å². The van der Waals surface area contributed by atoms with Crippen LogP contribution in [0.5, 0.6) is 0 Å². The summed E-state index contributed by atoms with van der Waals surface area (Å²) in [6.07, 6.45) is 2.55. The molecule has 1 nitrogen and oxygen atoms in total. The van der Waals surface area contributed by atoms with Crippen molar-refractivity contribution in [3.63, 3.8) is 0 Å². The molecular formula is C11H27N. The van der Waals surface area contributed by atoms with Crippen LogP contribution in [0.2, 0.25) is 0 Å². The van der Waals surface area contributed by atoms with Crippen molar-refractivity contribution in [2.75, 3.05) is 13.6 Å². The molecule has 76 valence electrons. The molecule has 0 spiro atoms. The van der Waals surface area contributed by atoms with Crippen LogP contribution in [0.4, 0.5) is 0 Å². The molecule has 0 aromatic heterocycles. The quantitative estimate of drug-likeness (QED) is 0.688. The van der Waals surface area contributed by atoms with Gasteiger partial charge >= 0.3 is 0 Å². The van der Waals surface area contributed by atoms with Crippen molar-refractivity contribution in [1.29, 1.82) is 0 Å². The Balaban J connectivity index is 0. The van der Waals surface area contributed by atoms with Crippen LogP contribution in [-0.4, -0.2) is 13.6 Å². The van der Waals surface area contributed by atoms with Crippen LogP contribution >= 0.6 is 0 Å². The average Bonchev–Trinajstić information content (AvgIpc) is 2.05. The van der Waals surface area contributed by atoms with Gasteiger partial charge in [-0.05, 0) is 31.8 Å². The van der Waals surface area contributed by atoms with Crippen molar-refractivity contribution >= 4 is 0 Å². The van der Waals surface area contributed by atoms with Crippen molar-refractivity contribution < 1.29 is 0 Å². The van der Waals surface area contributed by atoms with Gasteiger partial charge in [0.1, 0.15) is 0 Å². The van der Waals surface area contributed by atoms with Crippen LogP contribution in [0, 0.1) is 11.8 Å². The molecule has 0 fully saturated rings. The van der Waals surface area contributed by atoms with E-state index < -0.39 is 0 Å². The Kier molecular flexibility index (Phi) is 13.2. The second-order valence-electron chi connectivity index (χ2n) is 3.73. The van der Waals surface area contributed by atoms with Gasteiger partial charge in [0.25, 0.3) is 0 Å². The number of nitrogens with one attached hydrogen (secondary N) is 1. The molecule has 0 heterocycles. The predicted octanol–water partition coefficient (Wildman–Crippen LogP) is 3.30. The average molecular weight is 173 g/mol. The van der Waals surface area contributed by atoms with Crippen molar-refractivity contribution in [3.8, 4) is 0 Å². The lowest BCUT2D eigenvalue weighted by Gasteiger charge is -2.10. The van der Waals surface area contributed by atoms with Crippen LogP contribution < -0.4 is 5.32 Å². The molecule has 0 bridgehead atoms. The largest absolute Gasteiger partial charge is 0.320 e. The summed E-state index contributed by atoms with van der Waals surface area (Å²) in [6, 6.07) is 0. The monoisotopic (exact) mass is 173 g/mol. The first-order chi connectivity index (χ1) is 5.59. The highest BCUT2D eigenvalue weighted by molar-refractivity contribution is 4.52. The zero-order valence-electron chi connectivity index (χ0n) is 9.78. The zero-order chi connectivity index (χ0) is 9.98. The van der Waals surface area contributed by atoms with Gasteiger partial charge in [0.05, 0.1) is 0 Å². The van der Waals surface area contributed by atoms with Crippen molar-refractivity contribution in [3.05, 3.63) is 0 Å². The van der Waals surface area contributed by atoms with E-state index in [-0.39, 0.29) is 0 Å². The maximum atomic E-state index is 3.02. The third-order valence-corrected chi connectivity index (χ3v) is 2.28. The van der Waals surface area contributed by atoms with E-state index >= 15 is 0 Å². The van der Waals surface area contributed by atoms with E-state index in [0.717, 1.165) is 18.4 Å². The first-order valence-corrected chi connectivity index (χ1v) is 5.24. The first-order valence-electron chi connectivity index (χ1n) is 5.24. The van der Waals surface area contributed by atoms with Crippen molar-refractivity contribution in [1.82, 2.24) is 5.32 Å². The number of rotatable bonds is 4. The van der Waals surface area contributed by atoms with Crippen molar-refractivity contribution in [2.24, 2.45) is 11.8 Å². The van der Waals surface area contributed by atoms with E-state index in [0.29, 0.717) is 0 Å². The van der Waals surface area contributed by atoms with E-state index in [9.17, 15) is 0 Å². The Bertz CT molecular complexity index is 67.4. The van der Waals surface area contributed by atoms with Crippen LogP contribution in [0.3, 0.4) is 0 Å². The Hall–Kier alpha value is -0.0400. The van der Waals surface area contributed by atoms with E-state index in [1.807, 2.05) is 7.05 Å². The smallest absolute Gasteiger partial charge is 0.00546 e. The molecule has 1 atom stereocenters. The maximum Gasteiger partial charge on any atom is -0.00546 e. The Morgan fingerprint density at radius 1 is 1.08 bits per heavy atom. The number of hydrogen-bond donors (Lipinski definition) is 1. The van der Waals surface area contributed by atoms with Gasteiger partial charge in [-0.1, -0.05) is 41.0 Å². The zero-order valence-corrected chi connectivity index (χ0v) is 9.78. The van der Waals surface area contributed by atoms with Gasteiger partial charge in [-0.2, -0.15) is 0 Å². The van der Waals surface area contributed by atoms with Gasteiger partial charge in [-0.25, -0.2) is 0 Å². The minimum Gasteiger partial charge on any atom is -0.320 e. The molecule has 1 heteroatoms. The molecule has 0 aromatic carbocycles. The molecule has 0 rings (SSSR count). The summed E-state index contributed by atoms with van der Waals surface area (Å²) >= 11 is 0. The Morgan fingerprint density at radius 2 is 1.58 bits per heavy atom. The summed E-state index contributed by atoms with van der Waals surface area (Å²) in [7, 11) is 1.96. The molecule has 1 unspecified atom stereocenters. The van der Waals surface area contributed by atoms with Gasteiger partial charge in [0.2, 0.25) is 0 Å². The molecule has 0 saturated carbocycles. The fraction of sp³-hybridized carbons (Fsp3) is 1.00. The van der Waals surface area contributed by atoms with E-state index in [2.05, 4.69) is 39.9 Å². The van der Waals surface area contributed by atoms with Gasteiger partial charge in [0, 0.05) is 0 Å². The Morgan fingerprint density at radius 3 is 1.58 bits per heavy atom. The summed E-state index contributed by atoms with van der Waals surface area (Å²) < 4.78 is 0. The second kappa shape index (κ2) is 11.0. The minimum absolute atomic E-state index is 0.866.